The van der Waals surface area contributed by atoms with Crippen LogP contribution in [0.25, 0.3) is 53.9 Å². The fraction of sp³-hybridized carbons (Fsp3) is 0. The van der Waals surface area contributed by atoms with Crippen molar-refractivity contribution in [2.45, 2.75) is 0 Å². The predicted octanol–water partition coefficient (Wildman–Crippen LogP) is 5.13. The van der Waals surface area contributed by atoms with Gasteiger partial charge in [-0.15, -0.1) is 0 Å². The van der Waals surface area contributed by atoms with Crippen LogP contribution in [0.4, 0.5) is 0 Å². The maximum atomic E-state index is 12.2. The van der Waals surface area contributed by atoms with Crippen LogP contribution in [-0.4, -0.2) is 0 Å². The molecule has 0 heterocycles. The molecule has 6 rings (SSSR count). The molecule has 0 saturated heterocycles. The van der Waals surface area contributed by atoms with Gasteiger partial charge in [-0.25, -0.2) is 0 Å². The van der Waals surface area contributed by atoms with E-state index >= 15 is 0 Å². The lowest BCUT2D eigenvalue weighted by Gasteiger charge is -2.13. The maximum absolute atomic E-state index is 12.2. The highest BCUT2D eigenvalue weighted by Crippen LogP contribution is 2.43. The summed E-state index contributed by atoms with van der Waals surface area (Å²) in [5.74, 6) is 0. The Morgan fingerprint density at radius 3 is 1.91 bits per heavy atom. The molecule has 0 aliphatic rings. The molecule has 0 spiro atoms. The molecule has 0 unspecified atom stereocenters. The van der Waals surface area contributed by atoms with E-state index in [0.717, 1.165) is 16.2 Å². The molecular formula is C21H10O. The Balaban J connectivity index is 2.18. The minimum atomic E-state index is 0.216. The first-order valence-corrected chi connectivity index (χ1v) is 7.51. The molecule has 0 aliphatic heterocycles. The Hall–Kier alpha value is -2.93. The largest absolute Gasteiger partial charge is 0.289 e. The van der Waals surface area contributed by atoms with Crippen LogP contribution in [0.2, 0.25) is 0 Å². The van der Waals surface area contributed by atoms with E-state index in [1.165, 1.54) is 37.7 Å². The van der Waals surface area contributed by atoms with Crippen molar-refractivity contribution in [1.29, 1.82) is 0 Å². The molecule has 100 valence electrons. The van der Waals surface area contributed by atoms with E-state index in [1.807, 2.05) is 6.07 Å². The maximum Gasteiger partial charge on any atom is 0.195 e. The van der Waals surface area contributed by atoms with E-state index in [-0.39, 0.29) is 5.43 Å². The van der Waals surface area contributed by atoms with Gasteiger partial charge in [-0.3, -0.25) is 4.79 Å². The van der Waals surface area contributed by atoms with Crippen LogP contribution < -0.4 is 5.43 Å². The van der Waals surface area contributed by atoms with E-state index in [0.29, 0.717) is 0 Å². The van der Waals surface area contributed by atoms with E-state index < -0.39 is 0 Å². The molecule has 0 N–H and O–H groups in total. The second-order valence-electron chi connectivity index (χ2n) is 6.12. The van der Waals surface area contributed by atoms with Crippen LogP contribution in [0.3, 0.4) is 0 Å². The second-order valence-corrected chi connectivity index (χ2v) is 6.12. The summed E-state index contributed by atoms with van der Waals surface area (Å²) < 4.78 is 0. The third-order valence-corrected chi connectivity index (χ3v) is 5.04. The molecule has 0 radical (unpaired) electrons. The Bertz CT molecular complexity index is 1370. The molecule has 0 aromatic heterocycles. The number of fused-ring (bicyclic) bond motifs is 4. The third-order valence-electron chi connectivity index (χ3n) is 5.04. The molecule has 0 amide bonds. The fourth-order valence-electron chi connectivity index (χ4n) is 4.09. The molecule has 1 heteroatoms. The van der Waals surface area contributed by atoms with Crippen molar-refractivity contribution in [2.75, 3.05) is 0 Å². The van der Waals surface area contributed by atoms with Crippen molar-refractivity contribution < 1.29 is 0 Å². The molecule has 0 atom stereocenters. The summed E-state index contributed by atoms with van der Waals surface area (Å²) in [6.07, 6.45) is 0. The van der Waals surface area contributed by atoms with Crippen LogP contribution in [-0.2, 0) is 0 Å². The van der Waals surface area contributed by atoms with Gasteiger partial charge in [-0.1, -0.05) is 54.6 Å². The topological polar surface area (TPSA) is 17.1 Å². The van der Waals surface area contributed by atoms with Gasteiger partial charge in [0.05, 0.1) is 0 Å². The van der Waals surface area contributed by atoms with Gasteiger partial charge in [0.2, 0.25) is 0 Å². The van der Waals surface area contributed by atoms with Crippen LogP contribution in [0.5, 0.6) is 0 Å². The van der Waals surface area contributed by atoms with Gasteiger partial charge in [-0.05, 0) is 43.8 Å². The second kappa shape index (κ2) is 3.28. The van der Waals surface area contributed by atoms with Crippen molar-refractivity contribution in [2.24, 2.45) is 0 Å². The first-order valence-electron chi connectivity index (χ1n) is 7.51. The van der Waals surface area contributed by atoms with Crippen molar-refractivity contribution in [3.63, 3.8) is 0 Å². The van der Waals surface area contributed by atoms with Gasteiger partial charge in [-0.2, -0.15) is 0 Å². The Morgan fingerprint density at radius 2 is 1.14 bits per heavy atom. The molecule has 0 aliphatic carbocycles. The summed E-state index contributed by atoms with van der Waals surface area (Å²) in [4.78, 5) is 12.2. The predicted molar refractivity (Wildman–Crippen MR) is 93.8 cm³/mol. The molecule has 0 bridgehead atoms. The van der Waals surface area contributed by atoms with Crippen molar-refractivity contribution in [3.8, 4) is 0 Å². The zero-order chi connectivity index (χ0) is 14.4. The summed E-state index contributed by atoms with van der Waals surface area (Å²) in [5.41, 5.74) is 0.216. The normalized spacial score (nSPS) is 12.7. The third kappa shape index (κ3) is 1.04. The van der Waals surface area contributed by atoms with E-state index in [9.17, 15) is 4.79 Å². The van der Waals surface area contributed by atoms with Crippen LogP contribution in [0.15, 0.2) is 65.5 Å². The minimum Gasteiger partial charge on any atom is -0.289 e. The lowest BCUT2D eigenvalue weighted by atomic mass is 9.90. The molecule has 6 aromatic rings. The molecular weight excluding hydrogens is 268 g/mol. The summed E-state index contributed by atoms with van der Waals surface area (Å²) >= 11 is 0. The Kier molecular flexibility index (Phi) is 1.60. The highest BCUT2D eigenvalue weighted by atomic mass is 16.1. The number of hydrogen-bond donors (Lipinski definition) is 0. The van der Waals surface area contributed by atoms with Crippen LogP contribution in [0.1, 0.15) is 0 Å². The monoisotopic (exact) mass is 278 g/mol. The number of benzene rings is 5. The summed E-state index contributed by atoms with van der Waals surface area (Å²) in [5, 5.41) is 11.6. The smallest absolute Gasteiger partial charge is 0.195 e. The molecule has 1 nitrogen and oxygen atoms in total. The first-order chi connectivity index (χ1) is 10.8. The van der Waals surface area contributed by atoms with Crippen molar-refractivity contribution in [3.05, 3.63) is 70.9 Å². The minimum absolute atomic E-state index is 0.216. The lowest BCUT2D eigenvalue weighted by molar-refractivity contribution is 1.81. The van der Waals surface area contributed by atoms with E-state index in [1.54, 1.807) is 0 Å². The van der Waals surface area contributed by atoms with Gasteiger partial charge in [0.25, 0.3) is 0 Å². The highest BCUT2D eigenvalue weighted by Gasteiger charge is 2.22. The molecule has 0 fully saturated rings. The van der Waals surface area contributed by atoms with Gasteiger partial charge >= 0.3 is 0 Å². The quantitative estimate of drug-likeness (QED) is 0.278. The molecule has 6 aromatic carbocycles. The molecule has 22 heavy (non-hydrogen) atoms. The van der Waals surface area contributed by atoms with Gasteiger partial charge < -0.3 is 0 Å². The van der Waals surface area contributed by atoms with E-state index in [4.69, 9.17) is 0 Å². The van der Waals surface area contributed by atoms with Crippen LogP contribution >= 0.6 is 0 Å². The fourth-order valence-corrected chi connectivity index (χ4v) is 4.09. The zero-order valence-corrected chi connectivity index (χ0v) is 11.7. The highest BCUT2D eigenvalue weighted by molar-refractivity contribution is 6.40. The zero-order valence-electron chi connectivity index (χ0n) is 11.7. The SMILES string of the molecule is O=c1c2cc3cccc4c5cccc6cccc(c65)c(c12)c34. The average Bonchev–Trinajstić information content (AvgIpc) is 3.21. The number of rotatable bonds is 0. The average molecular weight is 278 g/mol. The standard InChI is InChI=1S/C21H10O/c22-21-16-10-12-6-3-8-14-13-7-1-4-11-5-2-9-15(17(11)13)19(18(12)14)20(16)21/h1-10H. The van der Waals surface area contributed by atoms with Crippen molar-refractivity contribution >= 4 is 53.9 Å². The summed E-state index contributed by atoms with van der Waals surface area (Å²) in [6.45, 7) is 0. The molecule has 0 saturated carbocycles. The Labute approximate surface area is 125 Å². The lowest BCUT2D eigenvalue weighted by Crippen LogP contribution is -1.85. The summed E-state index contributed by atoms with van der Waals surface area (Å²) in [6, 6.07) is 21.3. The van der Waals surface area contributed by atoms with Crippen LogP contribution in [0, 0.1) is 0 Å². The Morgan fingerprint density at radius 1 is 0.500 bits per heavy atom. The van der Waals surface area contributed by atoms with E-state index in [2.05, 4.69) is 54.6 Å². The van der Waals surface area contributed by atoms with Gasteiger partial charge in [0, 0.05) is 16.2 Å². The van der Waals surface area contributed by atoms with Gasteiger partial charge in [0.15, 0.2) is 5.43 Å². The van der Waals surface area contributed by atoms with Crippen molar-refractivity contribution in [1.82, 2.24) is 0 Å². The number of hydrogen-bond acceptors (Lipinski definition) is 1. The van der Waals surface area contributed by atoms with Gasteiger partial charge in [0.1, 0.15) is 0 Å². The first kappa shape index (κ1) is 10.7. The summed E-state index contributed by atoms with van der Waals surface area (Å²) in [7, 11) is 0.